The topological polar surface area (TPSA) is 49.8 Å². The van der Waals surface area contributed by atoms with Gasteiger partial charge in [-0.25, -0.2) is 0 Å². The zero-order valence-corrected chi connectivity index (χ0v) is 21.1. The highest BCUT2D eigenvalue weighted by atomic mass is 35.5. The molecular formula is C29H34ClNO3. The van der Waals surface area contributed by atoms with Crippen LogP contribution in [0.2, 0.25) is 5.02 Å². The smallest absolute Gasteiger partial charge is 0.317 e. The first kappa shape index (κ1) is 26.0. The van der Waals surface area contributed by atoms with Crippen molar-refractivity contribution >= 4 is 17.6 Å². The third kappa shape index (κ3) is 7.17. The van der Waals surface area contributed by atoms with Crippen LogP contribution in [0.25, 0.3) is 0 Å². The Hall–Kier alpha value is -2.66. The molecule has 0 radical (unpaired) electrons. The standard InChI is InChI=1S/C29H34ClNO3/c1-29(2,3)24-15-21(16-25(30)17-24)19-34-20-26(31(4)18-27(32)33)28(22-11-7-5-8-12-22)23-13-9-6-10-14-23/h5-17,26,28H,18-20H2,1-4H3,(H,32,33). The van der Waals surface area contributed by atoms with E-state index in [0.29, 0.717) is 18.2 Å². The van der Waals surface area contributed by atoms with Crippen molar-refractivity contribution in [1.29, 1.82) is 0 Å². The third-order valence-corrected chi connectivity index (χ3v) is 6.25. The molecule has 4 nitrogen and oxygen atoms in total. The molecular weight excluding hydrogens is 446 g/mol. The lowest BCUT2D eigenvalue weighted by atomic mass is 9.84. The zero-order chi connectivity index (χ0) is 24.7. The Bertz CT molecular complexity index is 1020. The number of ether oxygens (including phenoxy) is 1. The molecule has 0 saturated carbocycles. The van der Waals surface area contributed by atoms with Crippen molar-refractivity contribution < 1.29 is 14.6 Å². The SMILES string of the molecule is CN(CC(=O)O)C(COCc1cc(Cl)cc(C(C)(C)C)c1)C(c1ccccc1)c1ccccc1. The molecule has 3 aromatic rings. The lowest BCUT2D eigenvalue weighted by Crippen LogP contribution is -2.43. The zero-order valence-electron chi connectivity index (χ0n) is 20.4. The predicted molar refractivity (Wildman–Crippen MR) is 139 cm³/mol. The van der Waals surface area contributed by atoms with Crippen LogP contribution in [0.4, 0.5) is 0 Å². The molecule has 0 saturated heterocycles. The van der Waals surface area contributed by atoms with E-state index in [4.69, 9.17) is 16.3 Å². The van der Waals surface area contributed by atoms with Gasteiger partial charge in [-0.1, -0.05) is 99.1 Å². The number of carboxylic acids is 1. The van der Waals surface area contributed by atoms with Gasteiger partial charge >= 0.3 is 5.97 Å². The minimum Gasteiger partial charge on any atom is -0.480 e. The summed E-state index contributed by atoms with van der Waals surface area (Å²) >= 11 is 6.39. The summed E-state index contributed by atoms with van der Waals surface area (Å²) in [7, 11) is 1.85. The highest BCUT2D eigenvalue weighted by molar-refractivity contribution is 6.30. The average Bonchev–Trinajstić information content (AvgIpc) is 2.78. The first-order valence-corrected chi connectivity index (χ1v) is 11.9. The fraction of sp³-hybridized carbons (Fsp3) is 0.345. The Kier molecular flexibility index (Phi) is 8.90. The molecule has 3 aromatic carbocycles. The van der Waals surface area contributed by atoms with Crippen LogP contribution in [0.5, 0.6) is 0 Å². The van der Waals surface area contributed by atoms with Gasteiger partial charge in [-0.3, -0.25) is 9.69 Å². The molecule has 1 atom stereocenters. The largest absolute Gasteiger partial charge is 0.480 e. The Morgan fingerprint density at radius 3 is 2.03 bits per heavy atom. The average molecular weight is 480 g/mol. The molecule has 1 unspecified atom stereocenters. The van der Waals surface area contributed by atoms with Crippen molar-refractivity contribution in [1.82, 2.24) is 4.90 Å². The quantitative estimate of drug-likeness (QED) is 0.367. The van der Waals surface area contributed by atoms with Gasteiger partial charge in [-0.15, -0.1) is 0 Å². The van der Waals surface area contributed by atoms with Crippen LogP contribution in [0.1, 0.15) is 48.9 Å². The van der Waals surface area contributed by atoms with E-state index in [0.717, 1.165) is 22.3 Å². The number of likely N-dealkylation sites (N-methyl/N-ethyl adjacent to an activating group) is 1. The molecule has 0 heterocycles. The van der Waals surface area contributed by atoms with E-state index in [2.05, 4.69) is 51.1 Å². The summed E-state index contributed by atoms with van der Waals surface area (Å²) < 4.78 is 6.24. The Morgan fingerprint density at radius 1 is 0.971 bits per heavy atom. The minimum absolute atomic E-state index is 0.0182. The fourth-order valence-electron chi connectivity index (χ4n) is 4.23. The molecule has 0 aliphatic rings. The highest BCUT2D eigenvalue weighted by Crippen LogP contribution is 2.31. The summed E-state index contributed by atoms with van der Waals surface area (Å²) in [6.07, 6.45) is 0. The molecule has 0 bridgehead atoms. The number of benzene rings is 3. The Morgan fingerprint density at radius 2 is 1.53 bits per heavy atom. The van der Waals surface area contributed by atoms with Gasteiger partial charge in [0.15, 0.2) is 0 Å². The summed E-state index contributed by atoms with van der Waals surface area (Å²) in [5, 5.41) is 10.2. The van der Waals surface area contributed by atoms with Crippen molar-refractivity contribution in [2.45, 2.75) is 44.8 Å². The molecule has 0 spiro atoms. The van der Waals surface area contributed by atoms with Gasteiger partial charge in [-0.05, 0) is 46.8 Å². The second-order valence-corrected chi connectivity index (χ2v) is 10.2. The maximum Gasteiger partial charge on any atom is 0.317 e. The summed E-state index contributed by atoms with van der Waals surface area (Å²) in [5.41, 5.74) is 4.39. The predicted octanol–water partition coefficient (Wildman–Crippen LogP) is 6.37. The first-order valence-electron chi connectivity index (χ1n) is 11.5. The van der Waals surface area contributed by atoms with E-state index in [9.17, 15) is 9.90 Å². The van der Waals surface area contributed by atoms with Gasteiger partial charge in [0.2, 0.25) is 0 Å². The number of halogens is 1. The monoisotopic (exact) mass is 479 g/mol. The molecule has 0 aliphatic carbocycles. The number of nitrogens with zero attached hydrogens (tertiary/aromatic N) is 1. The van der Waals surface area contributed by atoms with Crippen LogP contribution in [-0.4, -0.2) is 42.2 Å². The number of hydrogen-bond donors (Lipinski definition) is 1. The van der Waals surface area contributed by atoms with Crippen LogP contribution < -0.4 is 0 Å². The molecule has 1 N–H and O–H groups in total. The molecule has 0 fully saturated rings. The van der Waals surface area contributed by atoms with Crippen molar-refractivity contribution in [3.05, 3.63) is 106 Å². The van der Waals surface area contributed by atoms with Gasteiger partial charge in [0.05, 0.1) is 19.8 Å². The highest BCUT2D eigenvalue weighted by Gasteiger charge is 2.29. The van der Waals surface area contributed by atoms with Crippen molar-refractivity contribution in [2.75, 3.05) is 20.2 Å². The molecule has 5 heteroatoms. The number of aliphatic carboxylic acids is 1. The van der Waals surface area contributed by atoms with Crippen molar-refractivity contribution in [2.24, 2.45) is 0 Å². The lowest BCUT2D eigenvalue weighted by molar-refractivity contribution is -0.138. The normalized spacial score (nSPS) is 12.8. The minimum atomic E-state index is -0.864. The van der Waals surface area contributed by atoms with E-state index in [1.54, 1.807) is 0 Å². The lowest BCUT2D eigenvalue weighted by Gasteiger charge is -2.34. The van der Waals surface area contributed by atoms with E-state index in [-0.39, 0.29) is 23.9 Å². The fourth-order valence-corrected chi connectivity index (χ4v) is 4.49. The van der Waals surface area contributed by atoms with Crippen molar-refractivity contribution in [3.63, 3.8) is 0 Å². The van der Waals surface area contributed by atoms with E-state index >= 15 is 0 Å². The van der Waals surface area contributed by atoms with E-state index in [1.807, 2.05) is 60.5 Å². The summed E-state index contributed by atoms with van der Waals surface area (Å²) in [4.78, 5) is 13.4. The molecule has 180 valence electrons. The van der Waals surface area contributed by atoms with Crippen LogP contribution in [0.15, 0.2) is 78.9 Å². The summed E-state index contributed by atoms with van der Waals surface area (Å²) in [5.74, 6) is -0.909. The first-order chi connectivity index (χ1) is 16.1. The number of rotatable bonds is 10. The van der Waals surface area contributed by atoms with Crippen LogP contribution in [-0.2, 0) is 21.6 Å². The van der Waals surface area contributed by atoms with Crippen LogP contribution >= 0.6 is 11.6 Å². The van der Waals surface area contributed by atoms with E-state index in [1.165, 1.54) is 0 Å². The van der Waals surface area contributed by atoms with E-state index < -0.39 is 5.97 Å². The number of hydrogen-bond acceptors (Lipinski definition) is 3. The number of carbonyl (C=O) groups is 1. The maximum absolute atomic E-state index is 11.6. The van der Waals surface area contributed by atoms with Gasteiger partial charge in [0.25, 0.3) is 0 Å². The summed E-state index contributed by atoms with van der Waals surface area (Å²) in [6.45, 7) is 7.17. The van der Waals surface area contributed by atoms with Gasteiger partial charge in [-0.2, -0.15) is 0 Å². The van der Waals surface area contributed by atoms with Crippen LogP contribution in [0.3, 0.4) is 0 Å². The van der Waals surface area contributed by atoms with Gasteiger partial charge in [0.1, 0.15) is 0 Å². The molecule has 34 heavy (non-hydrogen) atoms. The van der Waals surface area contributed by atoms with Gasteiger partial charge < -0.3 is 9.84 Å². The molecule has 0 amide bonds. The van der Waals surface area contributed by atoms with Crippen LogP contribution in [0, 0.1) is 0 Å². The summed E-state index contributed by atoms with van der Waals surface area (Å²) in [6, 6.07) is 26.3. The molecule has 3 rings (SSSR count). The Labute approximate surface area is 208 Å². The molecule has 0 aliphatic heterocycles. The van der Waals surface area contributed by atoms with Crippen molar-refractivity contribution in [3.8, 4) is 0 Å². The second-order valence-electron chi connectivity index (χ2n) is 9.79. The molecule has 0 aromatic heterocycles. The number of carboxylic acid groups (broad SMARTS) is 1. The van der Waals surface area contributed by atoms with Gasteiger partial charge in [0, 0.05) is 17.0 Å². The second kappa shape index (κ2) is 11.7. The third-order valence-electron chi connectivity index (χ3n) is 6.03. The maximum atomic E-state index is 11.6. The Balaban J connectivity index is 1.88.